The first kappa shape index (κ1) is 23.6. The Morgan fingerprint density at radius 1 is 1.23 bits per heavy atom. The quantitative estimate of drug-likeness (QED) is 0.365. The smallest absolute Gasteiger partial charge is 0.334 e. The van der Waals surface area contributed by atoms with Gasteiger partial charge in [-0.2, -0.15) is 5.26 Å². The molecule has 0 aromatic heterocycles. The molecule has 1 aliphatic carbocycles. The number of methoxy groups -OCH3 is 1. The predicted octanol–water partition coefficient (Wildman–Crippen LogP) is 2.78. The second kappa shape index (κ2) is 8.36. The van der Waals surface area contributed by atoms with Gasteiger partial charge in [-0.15, -0.1) is 0 Å². The number of allylic oxidation sites excluding steroid dienone is 1. The van der Waals surface area contributed by atoms with Crippen LogP contribution in [0.1, 0.15) is 24.0 Å². The Morgan fingerprint density at radius 3 is 2.57 bits per heavy atom. The summed E-state index contributed by atoms with van der Waals surface area (Å²) in [5.41, 5.74) is -3.98. The Kier molecular flexibility index (Phi) is 5.64. The lowest BCUT2D eigenvalue weighted by Gasteiger charge is -2.39. The first-order chi connectivity index (χ1) is 16.7. The highest BCUT2D eigenvalue weighted by Gasteiger charge is 2.76. The number of nitriles is 1. The van der Waals surface area contributed by atoms with Crippen LogP contribution in [0.25, 0.3) is 0 Å². The standard InChI is InChI=1S/C25H21N3O7/c1-4-35-23(31)24(14-26)18(15-8-7-9-16(12-15)28(32)33)13-19(21(29)34-3)25(24)17-10-5-6-11-20(17)27(2)22(25)30/h5-13,18H,4H2,1-3H3/t18-,24?,25+/m0/s1. The van der Waals surface area contributed by atoms with Crippen LogP contribution in [-0.4, -0.2) is 43.5 Å². The van der Waals surface area contributed by atoms with Crippen molar-refractivity contribution >= 4 is 29.2 Å². The molecule has 4 rings (SSSR count). The number of carbonyl (C=O) groups excluding carboxylic acids is 3. The van der Waals surface area contributed by atoms with Gasteiger partial charge in [-0.05, 0) is 24.1 Å². The molecule has 0 saturated heterocycles. The molecular weight excluding hydrogens is 454 g/mol. The Hall–Kier alpha value is -4.52. The highest BCUT2D eigenvalue weighted by atomic mass is 16.6. The minimum absolute atomic E-state index is 0.0980. The highest BCUT2D eigenvalue weighted by Crippen LogP contribution is 2.65. The molecule has 2 aromatic rings. The van der Waals surface area contributed by atoms with E-state index in [1.54, 1.807) is 31.2 Å². The third kappa shape index (κ3) is 2.91. The summed E-state index contributed by atoms with van der Waals surface area (Å²) in [4.78, 5) is 53.1. The van der Waals surface area contributed by atoms with Crippen LogP contribution in [0.4, 0.5) is 11.4 Å². The molecule has 1 heterocycles. The molecule has 1 aliphatic heterocycles. The number of benzene rings is 2. The number of nitro benzene ring substituents is 1. The minimum atomic E-state index is -2.29. The summed E-state index contributed by atoms with van der Waals surface area (Å²) in [6.07, 6.45) is 1.33. The van der Waals surface area contributed by atoms with E-state index in [0.717, 1.165) is 7.11 Å². The molecule has 10 heteroatoms. The predicted molar refractivity (Wildman–Crippen MR) is 122 cm³/mol. The molecule has 0 N–H and O–H groups in total. The Labute approximate surface area is 200 Å². The van der Waals surface area contributed by atoms with E-state index in [0.29, 0.717) is 5.69 Å². The van der Waals surface area contributed by atoms with Crippen LogP contribution in [0.15, 0.2) is 60.2 Å². The van der Waals surface area contributed by atoms with Gasteiger partial charge in [0.1, 0.15) is 5.41 Å². The SMILES string of the molecule is CCOC(=O)C1(C#N)[C@H](c2cccc([N+](=O)[O-])c2)C=C(C(=O)OC)[C@]12C(=O)N(C)c1ccccc12. The third-order valence-corrected chi connectivity index (χ3v) is 6.71. The first-order valence-corrected chi connectivity index (χ1v) is 10.7. The number of amides is 1. The van der Waals surface area contributed by atoms with Crippen LogP contribution < -0.4 is 4.90 Å². The van der Waals surface area contributed by atoms with Gasteiger partial charge in [-0.25, -0.2) is 4.79 Å². The number of nitro groups is 1. The summed E-state index contributed by atoms with van der Waals surface area (Å²) >= 11 is 0. The van der Waals surface area contributed by atoms with Gasteiger partial charge >= 0.3 is 11.9 Å². The zero-order valence-electron chi connectivity index (χ0n) is 19.2. The molecule has 3 atom stereocenters. The fourth-order valence-electron chi connectivity index (χ4n) is 5.30. The zero-order chi connectivity index (χ0) is 25.5. The number of para-hydroxylation sites is 1. The molecule has 0 saturated carbocycles. The highest BCUT2D eigenvalue weighted by molar-refractivity contribution is 6.20. The van der Waals surface area contributed by atoms with Gasteiger partial charge in [0.05, 0.1) is 30.3 Å². The number of rotatable bonds is 5. The average molecular weight is 475 g/mol. The molecule has 2 aliphatic rings. The second-order valence-corrected chi connectivity index (χ2v) is 8.17. The van der Waals surface area contributed by atoms with Crippen molar-refractivity contribution in [3.63, 3.8) is 0 Å². The molecular formula is C25H21N3O7. The van der Waals surface area contributed by atoms with Crippen molar-refractivity contribution in [3.8, 4) is 6.07 Å². The molecule has 35 heavy (non-hydrogen) atoms. The number of ether oxygens (including phenoxy) is 2. The minimum Gasteiger partial charge on any atom is -0.466 e. The molecule has 178 valence electrons. The maximum absolute atomic E-state index is 14.1. The lowest BCUT2D eigenvalue weighted by Crippen LogP contribution is -2.57. The van der Waals surface area contributed by atoms with Crippen LogP contribution in [0, 0.1) is 26.9 Å². The molecule has 0 bridgehead atoms. The number of anilines is 1. The van der Waals surface area contributed by atoms with Crippen LogP contribution in [0.5, 0.6) is 0 Å². The van der Waals surface area contributed by atoms with E-state index >= 15 is 0 Å². The van der Waals surface area contributed by atoms with Crippen molar-refractivity contribution < 1.29 is 28.8 Å². The molecule has 1 unspecified atom stereocenters. The average Bonchev–Trinajstić information content (AvgIpc) is 3.31. The Balaban J connectivity index is 2.16. The van der Waals surface area contributed by atoms with E-state index in [4.69, 9.17) is 9.47 Å². The van der Waals surface area contributed by atoms with Crippen LogP contribution >= 0.6 is 0 Å². The van der Waals surface area contributed by atoms with Crippen molar-refractivity contribution in [1.29, 1.82) is 5.26 Å². The van der Waals surface area contributed by atoms with Crippen LogP contribution in [0.3, 0.4) is 0 Å². The van der Waals surface area contributed by atoms with Gasteiger partial charge in [0.25, 0.3) is 5.69 Å². The van der Waals surface area contributed by atoms with Crippen molar-refractivity contribution in [2.24, 2.45) is 5.41 Å². The Bertz CT molecular complexity index is 1340. The molecule has 10 nitrogen and oxygen atoms in total. The number of nitrogens with zero attached hydrogens (tertiary/aromatic N) is 3. The largest absolute Gasteiger partial charge is 0.466 e. The second-order valence-electron chi connectivity index (χ2n) is 8.17. The van der Waals surface area contributed by atoms with Crippen molar-refractivity contribution in [2.75, 3.05) is 25.7 Å². The van der Waals surface area contributed by atoms with Crippen molar-refractivity contribution in [1.82, 2.24) is 0 Å². The molecule has 1 amide bonds. The number of esters is 2. The van der Waals surface area contributed by atoms with Gasteiger partial charge < -0.3 is 14.4 Å². The van der Waals surface area contributed by atoms with Crippen molar-refractivity contribution in [2.45, 2.75) is 18.3 Å². The maximum atomic E-state index is 14.1. The van der Waals surface area contributed by atoms with Gasteiger partial charge in [-0.3, -0.25) is 19.7 Å². The lowest BCUT2D eigenvalue weighted by molar-refractivity contribution is -0.384. The number of non-ortho nitro benzene ring substituents is 1. The summed E-state index contributed by atoms with van der Waals surface area (Å²) in [5.74, 6) is -3.84. The van der Waals surface area contributed by atoms with E-state index in [1.165, 1.54) is 42.3 Å². The summed E-state index contributed by atoms with van der Waals surface area (Å²) in [5, 5.41) is 22.2. The third-order valence-electron chi connectivity index (χ3n) is 6.71. The number of likely N-dealkylation sites (N-methyl/N-ethyl adjacent to an activating group) is 1. The first-order valence-electron chi connectivity index (χ1n) is 10.7. The van der Waals surface area contributed by atoms with Gasteiger partial charge in [0.15, 0.2) is 5.41 Å². The van der Waals surface area contributed by atoms with Crippen LogP contribution in [0.2, 0.25) is 0 Å². The van der Waals surface area contributed by atoms with E-state index in [-0.39, 0.29) is 29.0 Å². The fourth-order valence-corrected chi connectivity index (χ4v) is 5.30. The monoisotopic (exact) mass is 475 g/mol. The topological polar surface area (TPSA) is 140 Å². The fraction of sp³-hybridized carbons (Fsp3) is 0.280. The van der Waals surface area contributed by atoms with E-state index < -0.39 is 39.5 Å². The van der Waals surface area contributed by atoms with Gasteiger partial charge in [0, 0.05) is 30.8 Å². The summed E-state index contributed by atoms with van der Waals surface area (Å²) < 4.78 is 10.3. The lowest BCUT2D eigenvalue weighted by atomic mass is 9.56. The van der Waals surface area contributed by atoms with E-state index in [2.05, 4.69) is 0 Å². The number of hydrogen-bond donors (Lipinski definition) is 0. The number of carbonyl (C=O) groups is 3. The van der Waals surface area contributed by atoms with E-state index in [9.17, 15) is 29.8 Å². The molecule has 1 spiro atoms. The van der Waals surface area contributed by atoms with E-state index in [1.807, 2.05) is 6.07 Å². The number of fused-ring (bicyclic) bond motifs is 2. The summed E-state index contributed by atoms with van der Waals surface area (Å²) in [6.45, 7) is 1.46. The molecule has 2 aromatic carbocycles. The molecule has 0 radical (unpaired) electrons. The number of hydrogen-bond acceptors (Lipinski definition) is 8. The van der Waals surface area contributed by atoms with Crippen molar-refractivity contribution in [3.05, 3.63) is 81.4 Å². The van der Waals surface area contributed by atoms with Gasteiger partial charge in [0.2, 0.25) is 5.91 Å². The van der Waals surface area contributed by atoms with Crippen LogP contribution in [-0.2, 0) is 29.3 Å². The normalized spacial score (nSPS) is 24.5. The van der Waals surface area contributed by atoms with Gasteiger partial charge in [-0.1, -0.05) is 36.4 Å². The summed E-state index contributed by atoms with van der Waals surface area (Å²) in [7, 11) is 2.61. The zero-order valence-corrected chi connectivity index (χ0v) is 19.2. The maximum Gasteiger partial charge on any atom is 0.334 e. The Morgan fingerprint density at radius 2 is 1.94 bits per heavy atom. The molecule has 0 fully saturated rings. The summed E-state index contributed by atoms with van der Waals surface area (Å²) in [6, 6.07) is 14.0.